The summed E-state index contributed by atoms with van der Waals surface area (Å²) in [4.78, 5) is 56.1. The van der Waals surface area contributed by atoms with Gasteiger partial charge in [-0.2, -0.15) is 4.31 Å². The Hall–Kier alpha value is -1.83. The van der Waals surface area contributed by atoms with Gasteiger partial charge < -0.3 is 45.0 Å². The highest BCUT2D eigenvalue weighted by atomic mass is 31.3. The Bertz CT molecular complexity index is 1190. The number of ether oxygens (including phenoxy) is 2. The molecule has 3 rings (SSSR count). The molecule has 8 N–H and O–H groups in total. The Morgan fingerprint density at radius 2 is 1.84 bits per heavy atom. The summed E-state index contributed by atoms with van der Waals surface area (Å²) in [6, 6.07) is -0.629. The minimum atomic E-state index is -5.51. The van der Waals surface area contributed by atoms with Crippen LogP contribution in [0.5, 0.6) is 0 Å². The fourth-order valence-electron chi connectivity index (χ4n) is 3.48. The lowest BCUT2D eigenvalue weighted by Crippen LogP contribution is -2.60. The van der Waals surface area contributed by atoms with E-state index in [4.69, 9.17) is 9.47 Å². The molecule has 0 spiro atoms. The molecule has 1 aromatic rings. The molecule has 2 aliphatic heterocycles. The second kappa shape index (κ2) is 11.5. The van der Waals surface area contributed by atoms with E-state index >= 15 is 0 Å². The number of aromatic amines is 1. The molecule has 0 aromatic carbocycles. The Morgan fingerprint density at radius 1 is 1.16 bits per heavy atom. The van der Waals surface area contributed by atoms with Crippen molar-refractivity contribution >= 4 is 21.6 Å². The number of H-pyrrole nitrogens is 1. The van der Waals surface area contributed by atoms with Crippen molar-refractivity contribution in [1.29, 1.82) is 0 Å². The molecule has 2 saturated heterocycles. The van der Waals surface area contributed by atoms with Gasteiger partial charge in [-0.1, -0.05) is 0 Å². The number of phosphoric acid groups is 2. The summed E-state index contributed by atoms with van der Waals surface area (Å²) in [5.41, 5.74) is -1.73. The lowest BCUT2D eigenvalue weighted by atomic mass is 10.0. The summed E-state index contributed by atoms with van der Waals surface area (Å²) in [6.07, 6.45) is -10.7. The highest BCUT2D eigenvalue weighted by molar-refractivity contribution is 7.61. The van der Waals surface area contributed by atoms with Crippen LogP contribution in [0.25, 0.3) is 0 Å². The smallest absolute Gasteiger partial charge is 0.388 e. The summed E-state index contributed by atoms with van der Waals surface area (Å²) in [6.45, 7) is -0.558. The van der Waals surface area contributed by atoms with E-state index in [1.807, 2.05) is 4.98 Å². The molecule has 3 heterocycles. The molecule has 10 atom stereocenters. The van der Waals surface area contributed by atoms with Crippen molar-refractivity contribution in [3.63, 3.8) is 0 Å². The molecule has 2 aliphatic rings. The molecule has 0 aliphatic carbocycles. The zero-order valence-corrected chi connectivity index (χ0v) is 20.6. The van der Waals surface area contributed by atoms with Crippen LogP contribution >= 0.6 is 15.6 Å². The first-order chi connectivity index (χ1) is 17.1. The average molecular weight is 577 g/mol. The summed E-state index contributed by atoms with van der Waals surface area (Å²) in [5.74, 6) is -0.736. The number of carbonyl (C=O) groups excluding carboxylic acids is 1. The maximum atomic E-state index is 12.3. The maximum absolute atomic E-state index is 12.3. The number of carbonyl (C=O) groups is 1. The number of rotatable bonds is 9. The summed E-state index contributed by atoms with van der Waals surface area (Å²) in [5, 5.41) is 42.1. The maximum Gasteiger partial charge on any atom is 0.483 e. The van der Waals surface area contributed by atoms with Gasteiger partial charge in [0.15, 0.2) is 12.5 Å². The second-order valence-corrected chi connectivity index (χ2v) is 11.0. The lowest BCUT2D eigenvalue weighted by Gasteiger charge is -2.38. The first kappa shape index (κ1) is 29.7. The van der Waals surface area contributed by atoms with Crippen LogP contribution in [0.1, 0.15) is 13.2 Å². The number of aliphatic hydroxyl groups is 4. The molecule has 19 nitrogen and oxygen atoms in total. The van der Waals surface area contributed by atoms with Crippen molar-refractivity contribution in [2.75, 3.05) is 13.2 Å². The number of hydrogen-bond donors (Lipinski definition) is 8. The third kappa shape index (κ3) is 7.39. The molecular weight excluding hydrogens is 552 g/mol. The van der Waals surface area contributed by atoms with E-state index in [1.165, 1.54) is 0 Å². The number of nitrogens with one attached hydrogen (secondary N) is 2. The number of aliphatic hydroxyl groups excluding tert-OH is 4. The van der Waals surface area contributed by atoms with Crippen molar-refractivity contribution < 1.29 is 67.0 Å². The first-order valence-electron chi connectivity index (χ1n) is 10.4. The van der Waals surface area contributed by atoms with Gasteiger partial charge in [-0.25, -0.2) is 13.9 Å². The van der Waals surface area contributed by atoms with Gasteiger partial charge in [0.2, 0.25) is 5.91 Å². The summed E-state index contributed by atoms with van der Waals surface area (Å²) in [7, 11) is -11.0. The van der Waals surface area contributed by atoms with Gasteiger partial charge in [0.1, 0.15) is 36.6 Å². The molecule has 1 amide bonds. The Kier molecular flexibility index (Phi) is 9.24. The molecule has 21 heteroatoms. The molecule has 2 fully saturated rings. The van der Waals surface area contributed by atoms with Crippen LogP contribution in [0.2, 0.25) is 0 Å². The molecule has 0 radical (unpaired) electrons. The van der Waals surface area contributed by atoms with Gasteiger partial charge in [0, 0.05) is 19.2 Å². The van der Waals surface area contributed by atoms with Gasteiger partial charge in [0.25, 0.3) is 5.56 Å². The fourth-order valence-corrected chi connectivity index (χ4v) is 5.65. The first-order valence-corrected chi connectivity index (χ1v) is 13.4. The van der Waals surface area contributed by atoms with Crippen molar-refractivity contribution in [2.45, 2.75) is 56.0 Å². The largest absolute Gasteiger partial charge is 0.483 e. The second-order valence-electron chi connectivity index (χ2n) is 7.97. The van der Waals surface area contributed by atoms with Gasteiger partial charge in [-0.15, -0.1) is 0 Å². The Labute approximate surface area is 206 Å². The quantitative estimate of drug-likeness (QED) is 0.130. The van der Waals surface area contributed by atoms with Crippen LogP contribution < -0.4 is 16.6 Å². The monoisotopic (exact) mass is 577 g/mol. The van der Waals surface area contributed by atoms with E-state index in [0.717, 1.165) is 23.8 Å². The highest BCUT2D eigenvalue weighted by Crippen LogP contribution is 2.61. The zero-order valence-electron chi connectivity index (χ0n) is 18.8. The molecular formula is C16H25N3O16P2. The van der Waals surface area contributed by atoms with E-state index < -0.39 is 95.1 Å². The van der Waals surface area contributed by atoms with Crippen molar-refractivity contribution in [3.05, 3.63) is 33.1 Å². The topological polar surface area (TPSA) is 286 Å². The van der Waals surface area contributed by atoms with Crippen LogP contribution in [0.4, 0.5) is 0 Å². The third-order valence-corrected chi connectivity index (χ3v) is 7.76. The molecule has 37 heavy (non-hydrogen) atoms. The van der Waals surface area contributed by atoms with Crippen LogP contribution in [0.15, 0.2) is 21.9 Å². The zero-order chi connectivity index (χ0) is 27.7. The van der Waals surface area contributed by atoms with E-state index in [-0.39, 0.29) is 0 Å². The molecule has 0 saturated carbocycles. The van der Waals surface area contributed by atoms with Crippen LogP contribution in [-0.2, 0) is 36.8 Å². The van der Waals surface area contributed by atoms with Crippen LogP contribution in [0.3, 0.4) is 0 Å². The van der Waals surface area contributed by atoms with Crippen molar-refractivity contribution in [3.8, 4) is 0 Å². The number of phosphoric ester groups is 2. The molecule has 1 aromatic heterocycles. The van der Waals surface area contributed by atoms with E-state index in [9.17, 15) is 53.7 Å². The van der Waals surface area contributed by atoms with Gasteiger partial charge in [-0.3, -0.25) is 28.2 Å². The molecule has 10 unspecified atom stereocenters. The van der Waals surface area contributed by atoms with Crippen LogP contribution in [-0.4, -0.2) is 102 Å². The number of aromatic nitrogens is 2. The highest BCUT2D eigenvalue weighted by Gasteiger charge is 2.48. The average Bonchev–Trinajstić information content (AvgIpc) is 3.05. The van der Waals surface area contributed by atoms with E-state index in [2.05, 4.69) is 18.7 Å². The normalized spacial score (nSPS) is 35.4. The number of hydrogen-bond acceptors (Lipinski definition) is 14. The van der Waals surface area contributed by atoms with Crippen LogP contribution in [0, 0.1) is 0 Å². The Balaban J connectivity index is 1.62. The molecule has 0 bridgehead atoms. The lowest BCUT2D eigenvalue weighted by molar-refractivity contribution is -0.206. The van der Waals surface area contributed by atoms with E-state index in [1.54, 1.807) is 0 Å². The third-order valence-electron chi connectivity index (χ3n) is 5.16. The minimum Gasteiger partial charge on any atom is -0.388 e. The predicted molar refractivity (Wildman–Crippen MR) is 114 cm³/mol. The number of amides is 1. The summed E-state index contributed by atoms with van der Waals surface area (Å²) < 4.78 is 48.9. The van der Waals surface area contributed by atoms with Gasteiger partial charge in [0.05, 0.1) is 13.2 Å². The Morgan fingerprint density at radius 3 is 2.46 bits per heavy atom. The summed E-state index contributed by atoms with van der Waals surface area (Å²) >= 11 is 0. The minimum absolute atomic E-state index is 0.589. The van der Waals surface area contributed by atoms with Crippen molar-refractivity contribution in [1.82, 2.24) is 14.9 Å². The fraction of sp³-hybridized carbons (Fsp3) is 0.688. The van der Waals surface area contributed by atoms with Crippen molar-refractivity contribution in [2.24, 2.45) is 0 Å². The van der Waals surface area contributed by atoms with E-state index in [0.29, 0.717) is 0 Å². The number of nitrogens with zero attached hydrogens (tertiary/aromatic N) is 1. The standard InChI is InChI=1S/C16H25N3O16P2/c1-6(20)17-10-11(23)7(21)4-31-15(10)34-37(29,30)35-36(27,28)32-5-8-12(24)13(25)14(33-8)19-3-2-9(22)18-16(19)26/h2-3,7-8,10-15,21,23-25H,4-5H2,1H3,(H,17,20)(H,27,28)(H,29,30)(H,18,22,26). The predicted octanol–water partition coefficient (Wildman–Crippen LogP) is -4.01. The SMILES string of the molecule is CC(=O)NC1C(OP(=O)(O)OP(=O)(O)OCC2OC(n3ccc(=O)[nH]c3=O)C(O)C2O)OCC(O)C1O. The van der Waals surface area contributed by atoms with Gasteiger partial charge in [-0.05, 0) is 0 Å². The van der Waals surface area contributed by atoms with Gasteiger partial charge >= 0.3 is 21.3 Å². The molecule has 210 valence electrons.